The maximum Gasteiger partial charge on any atom is 0.223 e. The van der Waals surface area contributed by atoms with Crippen molar-refractivity contribution in [1.82, 2.24) is 4.90 Å². The Hall–Kier alpha value is -1.06. The third-order valence-corrected chi connectivity index (χ3v) is 3.44. The highest BCUT2D eigenvalue weighted by molar-refractivity contribution is 6.18. The van der Waals surface area contributed by atoms with E-state index >= 15 is 0 Å². The Labute approximate surface area is 113 Å². The van der Waals surface area contributed by atoms with Crippen molar-refractivity contribution in [2.24, 2.45) is 0 Å². The Bertz CT molecular complexity index is 422. The van der Waals surface area contributed by atoms with Gasteiger partial charge in [-0.1, -0.05) is 24.3 Å². The van der Waals surface area contributed by atoms with Gasteiger partial charge in [-0.3, -0.25) is 4.79 Å². The number of alkyl halides is 1. The summed E-state index contributed by atoms with van der Waals surface area (Å²) >= 11 is 5.57. The molecule has 1 unspecified atom stereocenters. The molecule has 0 aromatic heterocycles. The average Bonchev–Trinajstić information content (AvgIpc) is 2.39. The molecule has 1 atom stereocenters. The number of carbonyl (C=O) groups is 1. The molecule has 0 aliphatic carbocycles. The minimum atomic E-state index is 0.0764. The number of carbonyl (C=O) groups excluding carboxylic acids is 1. The van der Waals surface area contributed by atoms with Crippen LogP contribution in [-0.2, 0) is 22.6 Å². The standard InChI is InChI=1S/C14H18ClNO2/c1-16(14(17)6-7-15)9-13-8-11-4-2-3-5-12(11)10-18-13/h2-5,13H,6-10H2,1H3. The summed E-state index contributed by atoms with van der Waals surface area (Å²) in [5.41, 5.74) is 2.58. The minimum Gasteiger partial charge on any atom is -0.371 e. The molecule has 2 rings (SSSR count). The van der Waals surface area contributed by atoms with Crippen molar-refractivity contribution < 1.29 is 9.53 Å². The molecular weight excluding hydrogens is 250 g/mol. The van der Waals surface area contributed by atoms with Gasteiger partial charge in [-0.2, -0.15) is 0 Å². The lowest BCUT2D eigenvalue weighted by Crippen LogP contribution is -2.38. The summed E-state index contributed by atoms with van der Waals surface area (Å²) in [5, 5.41) is 0. The summed E-state index contributed by atoms with van der Waals surface area (Å²) in [6.45, 7) is 1.27. The molecule has 0 saturated carbocycles. The molecule has 1 aromatic carbocycles. The van der Waals surface area contributed by atoms with Gasteiger partial charge in [0, 0.05) is 32.3 Å². The summed E-state index contributed by atoms with van der Waals surface area (Å²) < 4.78 is 5.78. The maximum atomic E-state index is 11.6. The van der Waals surface area contributed by atoms with E-state index in [1.807, 2.05) is 12.1 Å². The molecule has 18 heavy (non-hydrogen) atoms. The molecule has 1 aromatic rings. The van der Waals surface area contributed by atoms with Gasteiger partial charge in [0.15, 0.2) is 0 Å². The molecule has 1 heterocycles. The first-order chi connectivity index (χ1) is 8.70. The second kappa shape index (κ2) is 6.21. The van der Waals surface area contributed by atoms with Crippen LogP contribution in [0.25, 0.3) is 0 Å². The topological polar surface area (TPSA) is 29.5 Å². The van der Waals surface area contributed by atoms with E-state index in [-0.39, 0.29) is 12.0 Å². The van der Waals surface area contributed by atoms with E-state index in [4.69, 9.17) is 16.3 Å². The lowest BCUT2D eigenvalue weighted by molar-refractivity contribution is -0.131. The lowest BCUT2D eigenvalue weighted by Gasteiger charge is -2.29. The van der Waals surface area contributed by atoms with Crippen LogP contribution in [-0.4, -0.2) is 36.4 Å². The predicted molar refractivity (Wildman–Crippen MR) is 71.7 cm³/mol. The van der Waals surface area contributed by atoms with Crippen LogP contribution < -0.4 is 0 Å². The van der Waals surface area contributed by atoms with Crippen molar-refractivity contribution in [1.29, 1.82) is 0 Å². The molecule has 0 radical (unpaired) electrons. The van der Waals surface area contributed by atoms with Crippen LogP contribution in [0.1, 0.15) is 17.5 Å². The van der Waals surface area contributed by atoms with Crippen LogP contribution in [0, 0.1) is 0 Å². The van der Waals surface area contributed by atoms with Gasteiger partial charge in [-0.05, 0) is 11.1 Å². The lowest BCUT2D eigenvalue weighted by atomic mass is 9.99. The van der Waals surface area contributed by atoms with Crippen LogP contribution in [0.3, 0.4) is 0 Å². The summed E-state index contributed by atoms with van der Waals surface area (Å²) in [4.78, 5) is 13.4. The number of hydrogen-bond donors (Lipinski definition) is 0. The minimum absolute atomic E-state index is 0.0764. The van der Waals surface area contributed by atoms with Gasteiger partial charge >= 0.3 is 0 Å². The number of hydrogen-bond acceptors (Lipinski definition) is 2. The number of benzene rings is 1. The van der Waals surface area contributed by atoms with Gasteiger partial charge in [-0.25, -0.2) is 0 Å². The van der Waals surface area contributed by atoms with Crippen molar-refractivity contribution in [3.63, 3.8) is 0 Å². The van der Waals surface area contributed by atoms with Crippen LogP contribution in [0.2, 0.25) is 0 Å². The second-order valence-corrected chi connectivity index (χ2v) is 5.00. The molecule has 0 saturated heterocycles. The van der Waals surface area contributed by atoms with Crippen LogP contribution in [0.5, 0.6) is 0 Å². The van der Waals surface area contributed by atoms with E-state index in [0.717, 1.165) is 6.42 Å². The maximum absolute atomic E-state index is 11.6. The van der Waals surface area contributed by atoms with Crippen molar-refractivity contribution in [2.45, 2.75) is 25.6 Å². The van der Waals surface area contributed by atoms with Crippen molar-refractivity contribution >= 4 is 17.5 Å². The highest BCUT2D eigenvalue weighted by Crippen LogP contribution is 2.20. The molecule has 0 spiro atoms. The summed E-state index contributed by atoms with van der Waals surface area (Å²) in [6.07, 6.45) is 1.35. The fourth-order valence-corrected chi connectivity index (χ4v) is 2.37. The van der Waals surface area contributed by atoms with E-state index in [2.05, 4.69) is 12.1 Å². The Balaban J connectivity index is 1.91. The first-order valence-electron chi connectivity index (χ1n) is 6.19. The Morgan fingerprint density at radius 2 is 2.17 bits per heavy atom. The number of rotatable bonds is 4. The zero-order valence-corrected chi connectivity index (χ0v) is 11.3. The quantitative estimate of drug-likeness (QED) is 0.783. The van der Waals surface area contributed by atoms with Crippen molar-refractivity contribution in [3.8, 4) is 0 Å². The second-order valence-electron chi connectivity index (χ2n) is 4.62. The summed E-state index contributed by atoms with van der Waals surface area (Å²) in [7, 11) is 1.80. The first kappa shape index (κ1) is 13.4. The molecule has 3 nitrogen and oxygen atoms in total. The predicted octanol–water partition coefficient (Wildman–Crippen LogP) is 2.22. The summed E-state index contributed by atoms with van der Waals surface area (Å²) in [6, 6.07) is 8.29. The van der Waals surface area contributed by atoms with Crippen LogP contribution in [0.15, 0.2) is 24.3 Å². The van der Waals surface area contributed by atoms with E-state index in [1.54, 1.807) is 11.9 Å². The zero-order chi connectivity index (χ0) is 13.0. The molecule has 1 aliphatic rings. The van der Waals surface area contributed by atoms with Gasteiger partial charge in [0.2, 0.25) is 5.91 Å². The van der Waals surface area contributed by atoms with Gasteiger partial charge in [0.05, 0.1) is 12.7 Å². The number of ether oxygens (including phenoxy) is 1. The number of fused-ring (bicyclic) bond motifs is 1. The van der Waals surface area contributed by atoms with Gasteiger partial charge in [-0.15, -0.1) is 11.6 Å². The fourth-order valence-electron chi connectivity index (χ4n) is 2.21. The van der Waals surface area contributed by atoms with Crippen LogP contribution in [0.4, 0.5) is 0 Å². The summed E-state index contributed by atoms with van der Waals surface area (Å²) in [5.74, 6) is 0.449. The van der Waals surface area contributed by atoms with Gasteiger partial charge in [0.25, 0.3) is 0 Å². The molecule has 1 amide bonds. The van der Waals surface area contributed by atoms with E-state index in [1.165, 1.54) is 11.1 Å². The molecule has 98 valence electrons. The largest absolute Gasteiger partial charge is 0.371 e. The number of halogens is 1. The smallest absolute Gasteiger partial charge is 0.223 e. The van der Waals surface area contributed by atoms with Gasteiger partial charge in [0.1, 0.15) is 0 Å². The van der Waals surface area contributed by atoms with E-state index in [0.29, 0.717) is 25.5 Å². The number of likely N-dealkylation sites (N-methyl/N-ethyl adjacent to an activating group) is 1. The number of amides is 1. The SMILES string of the molecule is CN(CC1Cc2ccccc2CO1)C(=O)CCCl. The van der Waals surface area contributed by atoms with Crippen LogP contribution >= 0.6 is 11.6 Å². The first-order valence-corrected chi connectivity index (χ1v) is 6.72. The highest BCUT2D eigenvalue weighted by Gasteiger charge is 2.21. The third-order valence-electron chi connectivity index (χ3n) is 3.25. The third kappa shape index (κ3) is 3.24. The Kier molecular flexibility index (Phi) is 4.61. The molecule has 1 aliphatic heterocycles. The van der Waals surface area contributed by atoms with E-state index in [9.17, 15) is 4.79 Å². The van der Waals surface area contributed by atoms with Crippen molar-refractivity contribution in [2.75, 3.05) is 19.5 Å². The average molecular weight is 268 g/mol. The monoisotopic (exact) mass is 267 g/mol. The van der Waals surface area contributed by atoms with E-state index < -0.39 is 0 Å². The Morgan fingerprint density at radius 1 is 1.44 bits per heavy atom. The molecular formula is C14H18ClNO2. The van der Waals surface area contributed by atoms with Gasteiger partial charge < -0.3 is 9.64 Å². The Morgan fingerprint density at radius 3 is 2.89 bits per heavy atom. The molecule has 0 N–H and O–H groups in total. The molecule has 0 fully saturated rings. The fraction of sp³-hybridized carbons (Fsp3) is 0.500. The molecule has 4 heteroatoms. The number of nitrogens with zero attached hydrogens (tertiary/aromatic N) is 1. The molecule has 0 bridgehead atoms. The highest BCUT2D eigenvalue weighted by atomic mass is 35.5. The normalized spacial score (nSPS) is 18.2. The van der Waals surface area contributed by atoms with Crippen molar-refractivity contribution in [3.05, 3.63) is 35.4 Å². The zero-order valence-electron chi connectivity index (χ0n) is 10.6.